The molecule has 0 unspecified atom stereocenters. The average molecular weight is 523 g/mol. The lowest BCUT2D eigenvalue weighted by molar-refractivity contribution is -0.144. The third-order valence-electron chi connectivity index (χ3n) is 6.97. The van der Waals surface area contributed by atoms with E-state index >= 15 is 0 Å². The molecule has 0 aliphatic carbocycles. The van der Waals surface area contributed by atoms with E-state index < -0.39 is 0 Å². The van der Waals surface area contributed by atoms with Crippen molar-refractivity contribution in [2.24, 2.45) is 0 Å². The molecule has 0 bridgehead atoms. The summed E-state index contributed by atoms with van der Waals surface area (Å²) < 4.78 is 10.6. The summed E-state index contributed by atoms with van der Waals surface area (Å²) in [7, 11) is 0. The van der Waals surface area contributed by atoms with Crippen LogP contribution in [-0.4, -0.2) is 25.2 Å². The van der Waals surface area contributed by atoms with E-state index in [4.69, 9.17) is 9.47 Å². The van der Waals surface area contributed by atoms with Crippen LogP contribution < -0.4 is 0 Å². The van der Waals surface area contributed by atoms with Crippen LogP contribution in [0.25, 0.3) is 0 Å². The first-order valence-electron chi connectivity index (χ1n) is 16.2. The minimum absolute atomic E-state index is 0.0399. The van der Waals surface area contributed by atoms with Crippen molar-refractivity contribution in [2.75, 3.05) is 13.2 Å². The third-order valence-corrected chi connectivity index (χ3v) is 6.97. The SMILES string of the molecule is CC/C=C\CCOC(=O)CCCCCCCCC(=O)OCCCCCCCCCCCCCCCCC. The number of hydrogen-bond donors (Lipinski definition) is 0. The molecule has 0 atom stereocenters. The van der Waals surface area contributed by atoms with Crippen LogP contribution in [0.4, 0.5) is 0 Å². The molecule has 0 aromatic rings. The van der Waals surface area contributed by atoms with Gasteiger partial charge in [0.05, 0.1) is 13.2 Å². The van der Waals surface area contributed by atoms with E-state index in [-0.39, 0.29) is 11.9 Å². The van der Waals surface area contributed by atoms with Gasteiger partial charge in [-0.15, -0.1) is 0 Å². The molecular weight excluding hydrogens is 460 g/mol. The second-order valence-electron chi connectivity index (χ2n) is 10.7. The minimum atomic E-state index is -0.0817. The normalized spacial score (nSPS) is 11.3. The molecule has 0 N–H and O–H groups in total. The number of carbonyl (C=O) groups excluding carboxylic acids is 2. The van der Waals surface area contributed by atoms with Crippen molar-refractivity contribution in [3.8, 4) is 0 Å². The predicted molar refractivity (Wildman–Crippen MR) is 158 cm³/mol. The summed E-state index contributed by atoms with van der Waals surface area (Å²) in [6.45, 7) is 5.45. The van der Waals surface area contributed by atoms with Gasteiger partial charge in [0.2, 0.25) is 0 Å². The summed E-state index contributed by atoms with van der Waals surface area (Å²) in [5.74, 6) is -0.122. The van der Waals surface area contributed by atoms with Crippen molar-refractivity contribution >= 4 is 11.9 Å². The molecule has 0 aromatic carbocycles. The van der Waals surface area contributed by atoms with Gasteiger partial charge in [0.1, 0.15) is 0 Å². The molecule has 0 amide bonds. The Hall–Kier alpha value is -1.32. The molecule has 4 nitrogen and oxygen atoms in total. The van der Waals surface area contributed by atoms with E-state index in [0.29, 0.717) is 26.1 Å². The molecule has 0 saturated carbocycles. The van der Waals surface area contributed by atoms with E-state index in [2.05, 4.69) is 26.0 Å². The quantitative estimate of drug-likeness (QED) is 0.0557. The highest BCUT2D eigenvalue weighted by molar-refractivity contribution is 5.69. The second kappa shape index (κ2) is 30.9. The Morgan fingerprint density at radius 1 is 0.459 bits per heavy atom. The number of hydrogen-bond acceptors (Lipinski definition) is 4. The third kappa shape index (κ3) is 30.8. The Morgan fingerprint density at radius 3 is 1.27 bits per heavy atom. The molecule has 37 heavy (non-hydrogen) atoms. The number of ether oxygens (including phenoxy) is 2. The van der Waals surface area contributed by atoms with E-state index in [0.717, 1.165) is 57.8 Å². The predicted octanol–water partition coefficient (Wildman–Crippen LogP) is 10.4. The Morgan fingerprint density at radius 2 is 0.838 bits per heavy atom. The first-order chi connectivity index (χ1) is 18.2. The second-order valence-corrected chi connectivity index (χ2v) is 10.7. The lowest BCUT2D eigenvalue weighted by Gasteiger charge is -2.06. The van der Waals surface area contributed by atoms with Crippen molar-refractivity contribution in [1.29, 1.82) is 0 Å². The zero-order valence-electron chi connectivity index (χ0n) is 24.9. The van der Waals surface area contributed by atoms with E-state index in [1.165, 1.54) is 89.9 Å². The summed E-state index contributed by atoms with van der Waals surface area (Å²) in [5.41, 5.74) is 0. The number of rotatable bonds is 29. The van der Waals surface area contributed by atoms with Crippen LogP contribution in [0, 0.1) is 0 Å². The van der Waals surface area contributed by atoms with Crippen LogP contribution in [0.3, 0.4) is 0 Å². The van der Waals surface area contributed by atoms with E-state index in [9.17, 15) is 9.59 Å². The van der Waals surface area contributed by atoms with Crippen LogP contribution in [0.1, 0.15) is 174 Å². The van der Waals surface area contributed by atoms with Crippen LogP contribution >= 0.6 is 0 Å². The molecular formula is C33H62O4. The molecule has 0 saturated heterocycles. The maximum atomic E-state index is 11.9. The van der Waals surface area contributed by atoms with Gasteiger partial charge in [-0.05, 0) is 32.1 Å². The summed E-state index contributed by atoms with van der Waals surface area (Å²) in [6.07, 6.45) is 33.4. The molecule has 0 radical (unpaired) electrons. The van der Waals surface area contributed by atoms with Crippen LogP contribution in [0.15, 0.2) is 12.2 Å². The Balaban J connectivity index is 3.24. The van der Waals surface area contributed by atoms with Gasteiger partial charge in [-0.2, -0.15) is 0 Å². The fourth-order valence-corrected chi connectivity index (χ4v) is 4.57. The summed E-state index contributed by atoms with van der Waals surface area (Å²) in [6, 6.07) is 0. The van der Waals surface area contributed by atoms with Crippen molar-refractivity contribution in [2.45, 2.75) is 174 Å². The summed E-state index contributed by atoms with van der Waals surface area (Å²) >= 11 is 0. The maximum absolute atomic E-state index is 11.9. The smallest absolute Gasteiger partial charge is 0.305 e. The van der Waals surface area contributed by atoms with Gasteiger partial charge < -0.3 is 9.47 Å². The lowest BCUT2D eigenvalue weighted by Crippen LogP contribution is -2.05. The van der Waals surface area contributed by atoms with Gasteiger partial charge in [-0.1, -0.05) is 142 Å². The van der Waals surface area contributed by atoms with Gasteiger partial charge in [0, 0.05) is 12.8 Å². The fourth-order valence-electron chi connectivity index (χ4n) is 4.57. The molecule has 0 aliphatic heterocycles. The van der Waals surface area contributed by atoms with Crippen LogP contribution in [-0.2, 0) is 19.1 Å². The standard InChI is InChI=1S/C33H62O4/c1-3-5-7-9-10-11-12-13-14-15-16-17-20-23-27-31-37-33(35)29-25-22-19-18-21-24-28-32(34)36-30-26-8-6-4-2/h6,8H,3-5,7,9-31H2,1-2H3/b8-6-. The van der Waals surface area contributed by atoms with Gasteiger partial charge in [0.15, 0.2) is 0 Å². The number of unbranched alkanes of at least 4 members (excludes halogenated alkanes) is 19. The molecule has 0 heterocycles. The highest BCUT2D eigenvalue weighted by Crippen LogP contribution is 2.14. The number of carbonyl (C=O) groups is 2. The monoisotopic (exact) mass is 522 g/mol. The summed E-state index contributed by atoms with van der Waals surface area (Å²) in [5, 5.41) is 0. The first-order valence-corrected chi connectivity index (χ1v) is 16.2. The van der Waals surface area contributed by atoms with Crippen molar-refractivity contribution in [3.05, 3.63) is 12.2 Å². The molecule has 0 fully saturated rings. The molecule has 0 rings (SSSR count). The molecule has 0 aromatic heterocycles. The zero-order chi connectivity index (χ0) is 27.1. The first kappa shape index (κ1) is 35.7. The maximum Gasteiger partial charge on any atom is 0.305 e. The minimum Gasteiger partial charge on any atom is -0.466 e. The zero-order valence-corrected chi connectivity index (χ0v) is 24.9. The fraction of sp³-hybridized carbons (Fsp3) is 0.879. The van der Waals surface area contributed by atoms with Crippen LogP contribution in [0.2, 0.25) is 0 Å². The van der Waals surface area contributed by atoms with E-state index in [1.54, 1.807) is 0 Å². The van der Waals surface area contributed by atoms with Gasteiger partial charge in [0.25, 0.3) is 0 Å². The van der Waals surface area contributed by atoms with Gasteiger partial charge >= 0.3 is 11.9 Å². The van der Waals surface area contributed by atoms with E-state index in [1.807, 2.05) is 0 Å². The van der Waals surface area contributed by atoms with Crippen molar-refractivity contribution < 1.29 is 19.1 Å². The molecule has 218 valence electrons. The van der Waals surface area contributed by atoms with Crippen LogP contribution in [0.5, 0.6) is 0 Å². The largest absolute Gasteiger partial charge is 0.466 e. The van der Waals surface area contributed by atoms with Crippen molar-refractivity contribution in [1.82, 2.24) is 0 Å². The van der Waals surface area contributed by atoms with Gasteiger partial charge in [-0.25, -0.2) is 0 Å². The Bertz CT molecular complexity index is 514. The Labute approximate surface area is 230 Å². The van der Waals surface area contributed by atoms with Gasteiger partial charge in [-0.3, -0.25) is 9.59 Å². The highest BCUT2D eigenvalue weighted by atomic mass is 16.5. The topological polar surface area (TPSA) is 52.6 Å². The molecule has 0 spiro atoms. The lowest BCUT2D eigenvalue weighted by atomic mass is 10.0. The van der Waals surface area contributed by atoms with Crippen molar-refractivity contribution in [3.63, 3.8) is 0 Å². The average Bonchev–Trinajstić information content (AvgIpc) is 2.89. The Kier molecular flexibility index (Phi) is 29.8. The number of esters is 2. The molecule has 0 aliphatic rings. The summed E-state index contributed by atoms with van der Waals surface area (Å²) in [4.78, 5) is 23.5. The highest BCUT2D eigenvalue weighted by Gasteiger charge is 2.04. The number of allylic oxidation sites excluding steroid dienone is 1. The molecule has 4 heteroatoms.